The molecule has 5 heteroatoms. The normalized spacial score (nSPS) is 10.1. The van der Waals surface area contributed by atoms with Gasteiger partial charge in [-0.25, -0.2) is 4.79 Å². The Hall–Kier alpha value is -1.62. The number of hydrogen-bond acceptors (Lipinski definition) is 5. The molecule has 0 atom stereocenters. The molecule has 1 aromatic rings. The van der Waals surface area contributed by atoms with E-state index in [4.69, 9.17) is 15.6 Å². The van der Waals surface area contributed by atoms with Crippen molar-refractivity contribution in [3.05, 3.63) is 23.5 Å². The van der Waals surface area contributed by atoms with E-state index in [1.165, 1.54) is 6.20 Å². The maximum absolute atomic E-state index is 11.6. The van der Waals surface area contributed by atoms with Gasteiger partial charge in [-0.3, -0.25) is 4.98 Å². The number of carbonyl (C=O) groups is 1. The Morgan fingerprint density at radius 3 is 3.00 bits per heavy atom. The highest BCUT2D eigenvalue weighted by Crippen LogP contribution is 2.11. The summed E-state index contributed by atoms with van der Waals surface area (Å²) in [6.07, 6.45) is 2.77. The Kier molecular flexibility index (Phi) is 4.72. The van der Waals surface area contributed by atoms with E-state index in [1.807, 2.05) is 0 Å². The molecular weight excluding hydrogens is 208 g/mol. The average Bonchev–Trinajstić information content (AvgIpc) is 2.27. The van der Waals surface area contributed by atoms with Crippen molar-refractivity contribution in [2.24, 2.45) is 0 Å². The maximum atomic E-state index is 11.6. The average molecular weight is 224 g/mol. The molecule has 0 amide bonds. The standard InChI is InChI=1S/C11H16N2O3/c1-8-10(6-9(12)7-13-8)11(15)16-5-3-2-4-14/h6-7,14H,2-5,12H2,1H3. The zero-order valence-electron chi connectivity index (χ0n) is 9.27. The smallest absolute Gasteiger partial charge is 0.340 e. The van der Waals surface area contributed by atoms with Gasteiger partial charge in [0.15, 0.2) is 0 Å². The number of hydrogen-bond donors (Lipinski definition) is 2. The van der Waals surface area contributed by atoms with Crippen LogP contribution < -0.4 is 5.73 Å². The van der Waals surface area contributed by atoms with Crippen molar-refractivity contribution in [2.75, 3.05) is 18.9 Å². The van der Waals surface area contributed by atoms with Gasteiger partial charge in [0.2, 0.25) is 0 Å². The number of aromatic nitrogens is 1. The third-order valence-corrected chi connectivity index (χ3v) is 2.11. The van der Waals surface area contributed by atoms with Gasteiger partial charge in [0, 0.05) is 6.61 Å². The van der Waals surface area contributed by atoms with Gasteiger partial charge in [0.05, 0.1) is 29.7 Å². The second-order valence-corrected chi connectivity index (χ2v) is 3.47. The topological polar surface area (TPSA) is 85.4 Å². The number of aryl methyl sites for hydroxylation is 1. The minimum absolute atomic E-state index is 0.108. The monoisotopic (exact) mass is 224 g/mol. The summed E-state index contributed by atoms with van der Waals surface area (Å²) in [6.45, 7) is 2.13. The highest BCUT2D eigenvalue weighted by molar-refractivity contribution is 5.91. The maximum Gasteiger partial charge on any atom is 0.340 e. The molecule has 0 saturated carbocycles. The fraction of sp³-hybridized carbons (Fsp3) is 0.455. The number of esters is 1. The molecule has 0 aliphatic rings. The van der Waals surface area contributed by atoms with Crippen molar-refractivity contribution < 1.29 is 14.6 Å². The fourth-order valence-electron chi connectivity index (χ4n) is 1.21. The summed E-state index contributed by atoms with van der Waals surface area (Å²) in [5.74, 6) is -0.421. The molecule has 0 bridgehead atoms. The molecule has 0 spiro atoms. The van der Waals surface area contributed by atoms with Crippen molar-refractivity contribution >= 4 is 11.7 Å². The molecule has 1 heterocycles. The van der Waals surface area contributed by atoms with E-state index in [0.29, 0.717) is 36.4 Å². The number of aliphatic hydroxyl groups is 1. The molecule has 3 N–H and O–H groups in total. The van der Waals surface area contributed by atoms with Crippen molar-refractivity contribution in [1.29, 1.82) is 0 Å². The molecule has 16 heavy (non-hydrogen) atoms. The van der Waals surface area contributed by atoms with Crippen LogP contribution in [0.15, 0.2) is 12.3 Å². The van der Waals surface area contributed by atoms with Crippen LogP contribution in [0.3, 0.4) is 0 Å². The lowest BCUT2D eigenvalue weighted by molar-refractivity contribution is 0.0491. The Labute approximate surface area is 94.2 Å². The quantitative estimate of drug-likeness (QED) is 0.573. The van der Waals surface area contributed by atoms with Crippen molar-refractivity contribution in [2.45, 2.75) is 19.8 Å². The predicted molar refractivity (Wildman–Crippen MR) is 60.0 cm³/mol. The summed E-state index contributed by atoms with van der Waals surface area (Å²) in [7, 11) is 0. The Balaban J connectivity index is 2.55. The number of anilines is 1. The number of nitrogens with zero attached hydrogens (tertiary/aromatic N) is 1. The lowest BCUT2D eigenvalue weighted by Gasteiger charge is -2.06. The Morgan fingerprint density at radius 2 is 2.31 bits per heavy atom. The van der Waals surface area contributed by atoms with Gasteiger partial charge < -0.3 is 15.6 Å². The van der Waals surface area contributed by atoms with E-state index in [2.05, 4.69) is 4.98 Å². The van der Waals surface area contributed by atoms with Crippen LogP contribution in [0.25, 0.3) is 0 Å². The molecule has 1 aromatic heterocycles. The SMILES string of the molecule is Cc1ncc(N)cc1C(=O)OCCCCO. The fourth-order valence-corrected chi connectivity index (χ4v) is 1.21. The van der Waals surface area contributed by atoms with Crippen molar-refractivity contribution in [3.8, 4) is 0 Å². The molecule has 5 nitrogen and oxygen atoms in total. The second kappa shape index (κ2) is 6.07. The summed E-state index contributed by atoms with van der Waals surface area (Å²) >= 11 is 0. The van der Waals surface area contributed by atoms with Crippen LogP contribution in [-0.4, -0.2) is 29.3 Å². The Bertz CT molecular complexity index is 366. The van der Waals surface area contributed by atoms with Gasteiger partial charge in [-0.1, -0.05) is 0 Å². The molecule has 0 saturated heterocycles. The summed E-state index contributed by atoms with van der Waals surface area (Å²) in [6, 6.07) is 1.55. The van der Waals surface area contributed by atoms with Crippen LogP contribution in [0.1, 0.15) is 28.9 Å². The first-order valence-electron chi connectivity index (χ1n) is 5.15. The molecule has 0 aliphatic carbocycles. The predicted octanol–water partition coefficient (Wildman–Crippen LogP) is 0.902. The molecule has 88 valence electrons. The summed E-state index contributed by atoms with van der Waals surface area (Å²) < 4.78 is 5.02. The van der Waals surface area contributed by atoms with Gasteiger partial charge in [0.25, 0.3) is 0 Å². The van der Waals surface area contributed by atoms with Crippen LogP contribution in [0.5, 0.6) is 0 Å². The van der Waals surface area contributed by atoms with Crippen molar-refractivity contribution in [1.82, 2.24) is 4.98 Å². The summed E-state index contributed by atoms with van der Waals surface area (Å²) in [5, 5.41) is 8.56. The van der Waals surface area contributed by atoms with Gasteiger partial charge in [-0.15, -0.1) is 0 Å². The minimum atomic E-state index is -0.421. The van der Waals surface area contributed by atoms with Crippen LogP contribution in [0, 0.1) is 6.92 Å². The molecule has 1 rings (SSSR count). The van der Waals surface area contributed by atoms with Gasteiger partial charge in [-0.05, 0) is 25.8 Å². The van der Waals surface area contributed by atoms with Gasteiger partial charge in [0.1, 0.15) is 0 Å². The molecular formula is C11H16N2O3. The number of ether oxygens (including phenoxy) is 1. The first-order chi connectivity index (χ1) is 7.65. The van der Waals surface area contributed by atoms with E-state index >= 15 is 0 Å². The van der Waals surface area contributed by atoms with Gasteiger partial charge >= 0.3 is 5.97 Å². The zero-order valence-corrected chi connectivity index (χ0v) is 9.27. The van der Waals surface area contributed by atoms with Crippen molar-refractivity contribution in [3.63, 3.8) is 0 Å². The highest BCUT2D eigenvalue weighted by atomic mass is 16.5. The van der Waals surface area contributed by atoms with Crippen LogP contribution >= 0.6 is 0 Å². The highest BCUT2D eigenvalue weighted by Gasteiger charge is 2.11. The minimum Gasteiger partial charge on any atom is -0.462 e. The molecule has 0 aromatic carbocycles. The Morgan fingerprint density at radius 1 is 1.56 bits per heavy atom. The number of unbranched alkanes of at least 4 members (excludes halogenated alkanes) is 1. The summed E-state index contributed by atoms with van der Waals surface area (Å²) in [4.78, 5) is 15.6. The number of rotatable bonds is 5. The summed E-state index contributed by atoms with van der Waals surface area (Å²) in [5.41, 5.74) is 6.97. The van der Waals surface area contributed by atoms with E-state index in [0.717, 1.165) is 0 Å². The second-order valence-electron chi connectivity index (χ2n) is 3.47. The third kappa shape index (κ3) is 3.51. The van der Waals surface area contributed by atoms with Crippen LogP contribution in [0.2, 0.25) is 0 Å². The number of pyridine rings is 1. The molecule has 0 radical (unpaired) electrons. The van der Waals surface area contributed by atoms with E-state index in [1.54, 1.807) is 13.0 Å². The van der Waals surface area contributed by atoms with Gasteiger partial charge in [-0.2, -0.15) is 0 Å². The first kappa shape index (κ1) is 12.4. The molecule has 0 unspecified atom stereocenters. The largest absolute Gasteiger partial charge is 0.462 e. The lowest BCUT2D eigenvalue weighted by atomic mass is 10.2. The van der Waals surface area contributed by atoms with Crippen LogP contribution in [-0.2, 0) is 4.74 Å². The number of aliphatic hydroxyl groups excluding tert-OH is 1. The number of nitrogen functional groups attached to an aromatic ring is 1. The van der Waals surface area contributed by atoms with E-state index < -0.39 is 5.97 Å². The zero-order chi connectivity index (χ0) is 12.0. The molecule has 0 aliphatic heterocycles. The number of nitrogens with two attached hydrogens (primary N) is 1. The van der Waals surface area contributed by atoms with Crippen LogP contribution in [0.4, 0.5) is 5.69 Å². The number of carbonyl (C=O) groups excluding carboxylic acids is 1. The third-order valence-electron chi connectivity index (χ3n) is 2.11. The molecule has 0 fully saturated rings. The first-order valence-corrected chi connectivity index (χ1v) is 5.15. The van der Waals surface area contributed by atoms with E-state index in [-0.39, 0.29) is 6.61 Å². The lowest BCUT2D eigenvalue weighted by Crippen LogP contribution is -2.10. The van der Waals surface area contributed by atoms with E-state index in [9.17, 15) is 4.79 Å².